The summed E-state index contributed by atoms with van der Waals surface area (Å²) in [5, 5.41) is 23.7. The number of aromatic hydroxyl groups is 1. The van der Waals surface area contributed by atoms with Crippen molar-refractivity contribution in [3.63, 3.8) is 0 Å². The maximum absolute atomic E-state index is 12.3. The molecule has 0 amide bonds. The van der Waals surface area contributed by atoms with Crippen molar-refractivity contribution in [3.05, 3.63) is 69.0 Å². The van der Waals surface area contributed by atoms with Crippen molar-refractivity contribution in [1.82, 2.24) is 9.97 Å². The number of nitrogens with zero attached hydrogens (tertiary/aromatic N) is 3. The normalized spacial score (nSPS) is 10.7. The van der Waals surface area contributed by atoms with Gasteiger partial charge in [-0.2, -0.15) is 10.4 Å². The third-order valence-corrected chi connectivity index (χ3v) is 4.45. The fraction of sp³-hybridized carbons (Fsp3) is 0.143. The molecule has 146 valence electrons. The van der Waals surface area contributed by atoms with Crippen molar-refractivity contribution < 1.29 is 9.84 Å². The minimum absolute atomic E-state index is 0.0348. The molecule has 0 aliphatic rings. The Kier molecular flexibility index (Phi) is 5.60. The van der Waals surface area contributed by atoms with Crippen LogP contribution in [0.15, 0.2) is 46.3 Å². The van der Waals surface area contributed by atoms with Crippen molar-refractivity contribution in [2.75, 3.05) is 12.5 Å². The van der Waals surface area contributed by atoms with E-state index >= 15 is 0 Å². The number of aryl methyl sites for hydroxylation is 1. The lowest BCUT2D eigenvalue weighted by molar-refractivity contribution is 0.370. The molecule has 0 bridgehead atoms. The van der Waals surface area contributed by atoms with Crippen molar-refractivity contribution in [2.45, 2.75) is 13.8 Å². The fourth-order valence-corrected chi connectivity index (χ4v) is 2.84. The van der Waals surface area contributed by atoms with Crippen molar-refractivity contribution in [1.29, 1.82) is 5.26 Å². The average molecular weight is 389 g/mol. The third kappa shape index (κ3) is 3.94. The summed E-state index contributed by atoms with van der Waals surface area (Å²) in [4.78, 5) is 19.0. The van der Waals surface area contributed by atoms with E-state index < -0.39 is 5.56 Å². The third-order valence-electron chi connectivity index (χ3n) is 4.45. The first-order valence-corrected chi connectivity index (χ1v) is 8.72. The largest absolute Gasteiger partial charge is 0.504 e. The van der Waals surface area contributed by atoms with Gasteiger partial charge in [-0.3, -0.25) is 9.78 Å². The van der Waals surface area contributed by atoms with E-state index in [-0.39, 0.29) is 23.0 Å². The number of H-pyrrole nitrogens is 1. The summed E-state index contributed by atoms with van der Waals surface area (Å²) in [6, 6.07) is 12.6. The molecule has 0 spiro atoms. The number of hydrazone groups is 1. The molecule has 1 aromatic heterocycles. The SMILES string of the molecule is COc1c(C)c(C)cc(C=NNc2nc(-c3ccccc3)c(C#N)c(=O)[nH]2)c1O. The highest BCUT2D eigenvalue weighted by Crippen LogP contribution is 2.34. The van der Waals surface area contributed by atoms with Gasteiger partial charge >= 0.3 is 0 Å². The molecule has 3 N–H and O–H groups in total. The van der Waals surface area contributed by atoms with Crippen LogP contribution in [0.4, 0.5) is 5.95 Å². The highest BCUT2D eigenvalue weighted by Gasteiger charge is 2.14. The van der Waals surface area contributed by atoms with Crippen LogP contribution in [0.3, 0.4) is 0 Å². The van der Waals surface area contributed by atoms with Gasteiger partial charge in [0.25, 0.3) is 5.56 Å². The van der Waals surface area contributed by atoms with E-state index in [2.05, 4.69) is 20.5 Å². The van der Waals surface area contributed by atoms with Gasteiger partial charge in [-0.05, 0) is 31.0 Å². The molecular weight excluding hydrogens is 370 g/mol. The summed E-state index contributed by atoms with van der Waals surface area (Å²) in [7, 11) is 1.48. The number of hydrogen-bond donors (Lipinski definition) is 3. The fourth-order valence-electron chi connectivity index (χ4n) is 2.84. The summed E-state index contributed by atoms with van der Waals surface area (Å²) in [6.07, 6.45) is 1.39. The Hall–Kier alpha value is -4.12. The van der Waals surface area contributed by atoms with Crippen LogP contribution in [0.2, 0.25) is 0 Å². The molecule has 3 rings (SSSR count). The van der Waals surface area contributed by atoms with Crippen molar-refractivity contribution in [2.24, 2.45) is 5.10 Å². The van der Waals surface area contributed by atoms with E-state index in [0.29, 0.717) is 16.9 Å². The van der Waals surface area contributed by atoms with Crippen LogP contribution < -0.4 is 15.7 Å². The quantitative estimate of drug-likeness (QED) is 0.455. The molecule has 0 saturated heterocycles. The van der Waals surface area contributed by atoms with Gasteiger partial charge in [0.05, 0.1) is 19.0 Å². The van der Waals surface area contributed by atoms with Crippen LogP contribution in [-0.2, 0) is 0 Å². The minimum Gasteiger partial charge on any atom is -0.504 e. The number of phenolic OH excluding ortho intramolecular Hbond substituents is 1. The number of ether oxygens (including phenoxy) is 1. The molecule has 1 heterocycles. The number of nitrogens with one attached hydrogen (secondary N) is 2. The molecule has 0 radical (unpaired) electrons. The smallest absolute Gasteiger partial charge is 0.270 e. The molecule has 0 atom stereocenters. The molecule has 0 aliphatic heterocycles. The van der Waals surface area contributed by atoms with Crippen LogP contribution in [0.25, 0.3) is 11.3 Å². The van der Waals surface area contributed by atoms with E-state index in [9.17, 15) is 15.2 Å². The Balaban J connectivity index is 1.95. The lowest BCUT2D eigenvalue weighted by Gasteiger charge is -2.12. The zero-order valence-electron chi connectivity index (χ0n) is 16.1. The molecule has 8 nitrogen and oxygen atoms in total. The van der Waals surface area contributed by atoms with Crippen molar-refractivity contribution >= 4 is 12.2 Å². The Morgan fingerprint density at radius 1 is 1.31 bits per heavy atom. The van der Waals surface area contributed by atoms with E-state index in [0.717, 1.165) is 11.1 Å². The van der Waals surface area contributed by atoms with Crippen LogP contribution in [0.5, 0.6) is 11.5 Å². The Bertz CT molecular complexity index is 1180. The van der Waals surface area contributed by atoms with E-state index in [1.165, 1.54) is 13.3 Å². The van der Waals surface area contributed by atoms with Crippen LogP contribution in [-0.4, -0.2) is 28.4 Å². The molecular formula is C21H19N5O3. The predicted molar refractivity (Wildman–Crippen MR) is 110 cm³/mol. The second kappa shape index (κ2) is 8.27. The minimum atomic E-state index is -0.574. The highest BCUT2D eigenvalue weighted by atomic mass is 16.5. The molecule has 0 fully saturated rings. The lowest BCUT2D eigenvalue weighted by atomic mass is 10.0. The molecule has 2 aromatic carbocycles. The van der Waals surface area contributed by atoms with Gasteiger partial charge in [0, 0.05) is 11.1 Å². The number of methoxy groups -OCH3 is 1. The summed E-state index contributed by atoms with van der Waals surface area (Å²) < 4.78 is 5.25. The Morgan fingerprint density at radius 3 is 2.69 bits per heavy atom. The maximum atomic E-state index is 12.3. The van der Waals surface area contributed by atoms with E-state index in [4.69, 9.17) is 4.74 Å². The zero-order chi connectivity index (χ0) is 21.0. The molecule has 29 heavy (non-hydrogen) atoms. The summed E-state index contributed by atoms with van der Waals surface area (Å²) in [5.41, 5.74) is 5.08. The Labute approximate surface area is 167 Å². The van der Waals surface area contributed by atoms with Crippen LogP contribution >= 0.6 is 0 Å². The first-order valence-electron chi connectivity index (χ1n) is 8.72. The maximum Gasteiger partial charge on any atom is 0.270 e. The van der Waals surface area contributed by atoms with E-state index in [1.54, 1.807) is 30.3 Å². The van der Waals surface area contributed by atoms with E-state index in [1.807, 2.05) is 26.0 Å². The molecule has 0 aliphatic carbocycles. The predicted octanol–water partition coefficient (Wildman–Crippen LogP) is 3.09. The standard InChI is InChI=1S/C21H19N5O3/c1-12-9-15(18(27)19(29-3)13(12)2)11-23-26-21-24-17(14-7-5-4-6-8-14)16(10-22)20(28)25-21/h4-9,11,27H,1-3H3,(H2,24,25,26,28). The number of rotatable bonds is 5. The number of benzene rings is 2. The number of phenols is 1. The average Bonchev–Trinajstić information content (AvgIpc) is 2.72. The zero-order valence-corrected chi connectivity index (χ0v) is 16.1. The lowest BCUT2D eigenvalue weighted by Crippen LogP contribution is -2.16. The van der Waals surface area contributed by atoms with Gasteiger partial charge in [-0.25, -0.2) is 10.4 Å². The molecule has 0 unspecified atom stereocenters. The number of anilines is 1. The first kappa shape index (κ1) is 19.6. The second-order valence-electron chi connectivity index (χ2n) is 6.28. The van der Waals surface area contributed by atoms with Gasteiger partial charge in [-0.15, -0.1) is 0 Å². The molecule has 0 saturated carbocycles. The molecule has 3 aromatic rings. The van der Waals surface area contributed by atoms with Crippen LogP contribution in [0, 0.1) is 25.2 Å². The summed E-state index contributed by atoms with van der Waals surface area (Å²) in [6.45, 7) is 3.75. The number of aromatic nitrogens is 2. The molecule has 8 heteroatoms. The number of aromatic amines is 1. The monoisotopic (exact) mass is 389 g/mol. The Morgan fingerprint density at radius 2 is 2.03 bits per heavy atom. The van der Waals surface area contributed by atoms with Crippen LogP contribution in [0.1, 0.15) is 22.3 Å². The van der Waals surface area contributed by atoms with Gasteiger partial charge in [-0.1, -0.05) is 30.3 Å². The summed E-state index contributed by atoms with van der Waals surface area (Å²) >= 11 is 0. The number of nitriles is 1. The second-order valence-corrected chi connectivity index (χ2v) is 6.28. The topological polar surface area (TPSA) is 123 Å². The van der Waals surface area contributed by atoms with Gasteiger partial charge in [0.1, 0.15) is 11.6 Å². The number of hydrogen-bond acceptors (Lipinski definition) is 7. The van der Waals surface area contributed by atoms with Crippen molar-refractivity contribution in [3.8, 4) is 28.8 Å². The van der Waals surface area contributed by atoms with Gasteiger partial charge in [0.15, 0.2) is 11.5 Å². The van der Waals surface area contributed by atoms with Gasteiger partial charge in [0.2, 0.25) is 5.95 Å². The van der Waals surface area contributed by atoms with Gasteiger partial charge < -0.3 is 9.84 Å². The summed E-state index contributed by atoms with van der Waals surface area (Å²) in [5.74, 6) is 0.412. The highest BCUT2D eigenvalue weighted by molar-refractivity contribution is 5.86. The first-order chi connectivity index (χ1) is 14.0.